The SMILES string of the molecule is Nc1nc(C(=CCCCC(=O)O)C(=O)N[C@@H]2C(=O)N3C(C(=O)O)=CCS[C@H]23)cs1. The standard InChI is InChI=1S/C17H18N4O6S2/c18-17-19-9(7-29-17)8(3-1-2-4-11(22)23)13(24)20-12-14(25)21-10(16(26)27)5-6-28-15(12)21/h3,5,7,12,15H,1-2,4,6H2,(H2,18,19)(H,20,24)(H,22,23)(H,26,27)/t12-,15-/m1/s1. The second-order valence-electron chi connectivity index (χ2n) is 6.25. The van der Waals surface area contributed by atoms with E-state index in [9.17, 15) is 24.3 Å². The molecule has 0 saturated carbocycles. The lowest BCUT2D eigenvalue weighted by atomic mass is 10.0. The van der Waals surface area contributed by atoms with Gasteiger partial charge < -0.3 is 21.3 Å². The Morgan fingerprint density at radius 2 is 2.14 bits per heavy atom. The predicted molar refractivity (Wildman–Crippen MR) is 107 cm³/mol. The molecule has 0 spiro atoms. The van der Waals surface area contributed by atoms with Crippen LogP contribution in [0.2, 0.25) is 0 Å². The van der Waals surface area contributed by atoms with Crippen LogP contribution in [0, 0.1) is 0 Å². The molecule has 3 heterocycles. The number of hydrogen-bond donors (Lipinski definition) is 4. The number of fused-ring (bicyclic) bond motifs is 1. The summed E-state index contributed by atoms with van der Waals surface area (Å²) >= 11 is 2.51. The number of carboxylic acid groups (broad SMARTS) is 2. The number of carboxylic acids is 2. The number of nitrogen functional groups attached to an aromatic ring is 1. The molecule has 3 rings (SSSR count). The molecule has 1 aromatic rings. The molecular weight excluding hydrogens is 420 g/mol. The molecule has 0 radical (unpaired) electrons. The van der Waals surface area contributed by atoms with Crippen molar-refractivity contribution in [3.63, 3.8) is 0 Å². The number of thioether (sulfide) groups is 1. The summed E-state index contributed by atoms with van der Waals surface area (Å²) in [6.45, 7) is 0. The number of carbonyl (C=O) groups is 4. The van der Waals surface area contributed by atoms with E-state index < -0.39 is 35.2 Å². The molecule has 5 N–H and O–H groups in total. The normalized spacial score (nSPS) is 21.1. The molecule has 1 fully saturated rings. The van der Waals surface area contributed by atoms with Gasteiger partial charge in [0.25, 0.3) is 11.8 Å². The van der Waals surface area contributed by atoms with Gasteiger partial charge in [0.1, 0.15) is 17.1 Å². The van der Waals surface area contributed by atoms with Crippen LogP contribution in [0.5, 0.6) is 0 Å². The van der Waals surface area contributed by atoms with Gasteiger partial charge in [-0.3, -0.25) is 19.3 Å². The van der Waals surface area contributed by atoms with Crippen LogP contribution in [-0.4, -0.2) is 61.0 Å². The van der Waals surface area contributed by atoms with E-state index in [4.69, 9.17) is 10.8 Å². The van der Waals surface area contributed by atoms with Crippen molar-refractivity contribution in [2.24, 2.45) is 0 Å². The molecule has 10 nitrogen and oxygen atoms in total. The number of β-lactam (4-membered cyclic amide) rings is 1. The van der Waals surface area contributed by atoms with Crippen molar-refractivity contribution in [2.75, 3.05) is 11.5 Å². The Bertz CT molecular complexity index is 925. The fourth-order valence-electron chi connectivity index (χ4n) is 2.98. The Balaban J connectivity index is 1.73. The van der Waals surface area contributed by atoms with Gasteiger partial charge in [-0.1, -0.05) is 6.08 Å². The third-order valence-electron chi connectivity index (χ3n) is 4.34. The highest BCUT2D eigenvalue weighted by atomic mass is 32.2. The molecule has 29 heavy (non-hydrogen) atoms. The second kappa shape index (κ2) is 8.66. The van der Waals surface area contributed by atoms with Gasteiger partial charge in [0, 0.05) is 17.6 Å². The maximum absolute atomic E-state index is 12.8. The van der Waals surface area contributed by atoms with Gasteiger partial charge in [0.2, 0.25) is 0 Å². The lowest BCUT2D eigenvalue weighted by molar-refractivity contribution is -0.150. The zero-order valence-corrected chi connectivity index (χ0v) is 16.7. The predicted octanol–water partition coefficient (Wildman–Crippen LogP) is 0.732. The number of rotatable bonds is 8. The first kappa shape index (κ1) is 20.9. The molecule has 0 aliphatic carbocycles. The molecule has 0 unspecified atom stereocenters. The van der Waals surface area contributed by atoms with E-state index in [1.807, 2.05) is 0 Å². The number of allylic oxidation sites excluding steroid dienone is 1. The summed E-state index contributed by atoms with van der Waals surface area (Å²) < 4.78 is 0. The average Bonchev–Trinajstić information content (AvgIpc) is 3.10. The Kier molecular flexibility index (Phi) is 6.23. The number of aliphatic carboxylic acids is 2. The molecule has 2 amide bonds. The number of anilines is 1. The van der Waals surface area contributed by atoms with Crippen LogP contribution in [0.15, 0.2) is 23.2 Å². The van der Waals surface area contributed by atoms with Gasteiger partial charge >= 0.3 is 11.9 Å². The van der Waals surface area contributed by atoms with Crippen LogP contribution >= 0.6 is 23.1 Å². The van der Waals surface area contributed by atoms with Crippen LogP contribution in [0.4, 0.5) is 5.13 Å². The molecule has 0 bridgehead atoms. The Morgan fingerprint density at radius 3 is 2.76 bits per heavy atom. The molecule has 154 valence electrons. The molecule has 2 aliphatic rings. The highest BCUT2D eigenvalue weighted by Gasteiger charge is 2.52. The van der Waals surface area contributed by atoms with Gasteiger partial charge in [-0.25, -0.2) is 9.78 Å². The highest BCUT2D eigenvalue weighted by molar-refractivity contribution is 8.00. The van der Waals surface area contributed by atoms with Crippen molar-refractivity contribution in [3.05, 3.63) is 28.9 Å². The fraction of sp³-hybridized carbons (Fsp3) is 0.353. The van der Waals surface area contributed by atoms with Gasteiger partial charge in [-0.2, -0.15) is 0 Å². The molecule has 1 saturated heterocycles. The lowest BCUT2D eigenvalue weighted by Gasteiger charge is -2.48. The Hall–Kier alpha value is -2.86. The zero-order valence-electron chi connectivity index (χ0n) is 15.0. The number of carbonyl (C=O) groups excluding carboxylic acids is 2. The summed E-state index contributed by atoms with van der Waals surface area (Å²) in [6.07, 6.45) is 3.67. The summed E-state index contributed by atoms with van der Waals surface area (Å²) in [5.74, 6) is -2.74. The van der Waals surface area contributed by atoms with E-state index in [0.717, 1.165) is 11.3 Å². The minimum atomic E-state index is -1.19. The van der Waals surface area contributed by atoms with E-state index in [0.29, 0.717) is 24.3 Å². The van der Waals surface area contributed by atoms with Gasteiger partial charge in [-0.05, 0) is 18.9 Å². The maximum atomic E-state index is 12.8. The monoisotopic (exact) mass is 438 g/mol. The number of aromatic nitrogens is 1. The number of hydrogen-bond acceptors (Lipinski definition) is 8. The minimum absolute atomic E-state index is 0.0380. The molecular formula is C17H18N4O6S2. The summed E-state index contributed by atoms with van der Waals surface area (Å²) in [4.78, 5) is 52.5. The van der Waals surface area contributed by atoms with E-state index in [1.54, 1.807) is 11.5 Å². The first-order valence-electron chi connectivity index (χ1n) is 8.62. The maximum Gasteiger partial charge on any atom is 0.352 e. The Labute approximate surface area is 173 Å². The smallest absolute Gasteiger partial charge is 0.352 e. The topological polar surface area (TPSA) is 163 Å². The summed E-state index contributed by atoms with van der Waals surface area (Å²) in [5, 5.41) is 22.0. The number of nitrogens with one attached hydrogen (secondary N) is 1. The fourth-order valence-corrected chi connectivity index (χ4v) is 4.74. The Morgan fingerprint density at radius 1 is 1.38 bits per heavy atom. The number of amides is 2. The largest absolute Gasteiger partial charge is 0.481 e. The molecule has 12 heteroatoms. The van der Waals surface area contributed by atoms with E-state index in [2.05, 4.69) is 10.3 Å². The van der Waals surface area contributed by atoms with Crippen molar-refractivity contribution >= 4 is 57.6 Å². The third-order valence-corrected chi connectivity index (χ3v) is 6.20. The number of thiazole rings is 1. The number of nitrogens with zero attached hydrogens (tertiary/aromatic N) is 2. The first-order chi connectivity index (χ1) is 13.8. The number of nitrogens with two attached hydrogens (primary N) is 1. The van der Waals surface area contributed by atoms with Crippen molar-refractivity contribution in [2.45, 2.75) is 30.7 Å². The minimum Gasteiger partial charge on any atom is -0.481 e. The summed E-state index contributed by atoms with van der Waals surface area (Å²) in [7, 11) is 0. The third kappa shape index (κ3) is 4.43. The van der Waals surface area contributed by atoms with Crippen LogP contribution in [-0.2, 0) is 19.2 Å². The van der Waals surface area contributed by atoms with E-state index in [1.165, 1.54) is 22.7 Å². The van der Waals surface area contributed by atoms with Crippen LogP contribution in [0.25, 0.3) is 5.57 Å². The van der Waals surface area contributed by atoms with Crippen molar-refractivity contribution in [1.82, 2.24) is 15.2 Å². The molecule has 1 aromatic heterocycles. The summed E-state index contributed by atoms with van der Waals surface area (Å²) in [6, 6.07) is -0.853. The molecule has 0 aromatic carbocycles. The van der Waals surface area contributed by atoms with Crippen LogP contribution < -0.4 is 11.1 Å². The van der Waals surface area contributed by atoms with Crippen LogP contribution in [0.3, 0.4) is 0 Å². The van der Waals surface area contributed by atoms with Crippen molar-refractivity contribution in [3.8, 4) is 0 Å². The van der Waals surface area contributed by atoms with Gasteiger partial charge in [-0.15, -0.1) is 23.1 Å². The van der Waals surface area contributed by atoms with Crippen LogP contribution in [0.1, 0.15) is 25.0 Å². The molecule has 2 aliphatic heterocycles. The first-order valence-corrected chi connectivity index (χ1v) is 10.5. The zero-order chi connectivity index (χ0) is 21.1. The van der Waals surface area contributed by atoms with E-state index in [-0.39, 0.29) is 22.8 Å². The van der Waals surface area contributed by atoms with Gasteiger partial charge in [0.15, 0.2) is 5.13 Å². The second-order valence-corrected chi connectivity index (χ2v) is 8.29. The quantitative estimate of drug-likeness (QED) is 0.260. The summed E-state index contributed by atoms with van der Waals surface area (Å²) in [5.41, 5.74) is 6.10. The van der Waals surface area contributed by atoms with Crippen molar-refractivity contribution in [1.29, 1.82) is 0 Å². The highest BCUT2D eigenvalue weighted by Crippen LogP contribution is 2.37. The lowest BCUT2D eigenvalue weighted by Crippen LogP contribution is -2.70. The molecule has 2 atom stereocenters. The van der Waals surface area contributed by atoms with Gasteiger partial charge in [0.05, 0.1) is 11.3 Å². The number of unbranched alkanes of at least 4 members (excludes halogenated alkanes) is 1. The average molecular weight is 438 g/mol. The van der Waals surface area contributed by atoms with Crippen molar-refractivity contribution < 1.29 is 29.4 Å². The van der Waals surface area contributed by atoms with E-state index >= 15 is 0 Å².